The van der Waals surface area contributed by atoms with Crippen LogP contribution in [0.4, 0.5) is 5.69 Å². The predicted molar refractivity (Wildman–Crippen MR) is 66.2 cm³/mol. The highest BCUT2D eigenvalue weighted by Crippen LogP contribution is 2.23. The maximum atomic E-state index is 6.04. The van der Waals surface area contributed by atoms with Crippen molar-refractivity contribution in [2.24, 2.45) is 0 Å². The first-order valence-electron chi connectivity index (χ1n) is 5.97. The van der Waals surface area contributed by atoms with E-state index in [0.717, 1.165) is 31.6 Å². The molecule has 3 heteroatoms. The molecule has 1 saturated heterocycles. The van der Waals surface area contributed by atoms with Crippen LogP contribution in [0.5, 0.6) is 0 Å². The first-order valence-corrected chi connectivity index (χ1v) is 5.97. The SMILES string of the molecule is CC(OC1CCNCC1)c1cccc(N)c1. The summed E-state index contributed by atoms with van der Waals surface area (Å²) in [6.45, 7) is 4.22. The van der Waals surface area contributed by atoms with Crippen LogP contribution in [0.1, 0.15) is 31.4 Å². The summed E-state index contributed by atoms with van der Waals surface area (Å²) in [5.41, 5.74) is 7.73. The average Bonchev–Trinajstić information content (AvgIpc) is 2.30. The summed E-state index contributed by atoms with van der Waals surface area (Å²) >= 11 is 0. The number of piperidine rings is 1. The smallest absolute Gasteiger partial charge is 0.0801 e. The maximum Gasteiger partial charge on any atom is 0.0801 e. The molecule has 1 heterocycles. The van der Waals surface area contributed by atoms with Gasteiger partial charge in [-0.05, 0) is 50.6 Å². The topological polar surface area (TPSA) is 47.3 Å². The van der Waals surface area contributed by atoms with Gasteiger partial charge in [0.15, 0.2) is 0 Å². The molecule has 3 N–H and O–H groups in total. The van der Waals surface area contributed by atoms with Crippen molar-refractivity contribution in [3.63, 3.8) is 0 Å². The Kier molecular flexibility index (Phi) is 3.80. The van der Waals surface area contributed by atoms with Crippen molar-refractivity contribution in [1.82, 2.24) is 5.32 Å². The summed E-state index contributed by atoms with van der Waals surface area (Å²) in [7, 11) is 0. The van der Waals surface area contributed by atoms with Crippen molar-refractivity contribution in [3.8, 4) is 0 Å². The summed E-state index contributed by atoms with van der Waals surface area (Å²) in [4.78, 5) is 0. The summed E-state index contributed by atoms with van der Waals surface area (Å²) in [5, 5.41) is 3.34. The van der Waals surface area contributed by atoms with Crippen molar-refractivity contribution in [1.29, 1.82) is 0 Å². The van der Waals surface area contributed by atoms with Crippen molar-refractivity contribution in [3.05, 3.63) is 29.8 Å². The van der Waals surface area contributed by atoms with E-state index in [2.05, 4.69) is 18.3 Å². The van der Waals surface area contributed by atoms with E-state index in [0.29, 0.717) is 6.10 Å². The number of nitrogens with one attached hydrogen (secondary N) is 1. The Morgan fingerprint density at radius 2 is 2.12 bits per heavy atom. The zero-order valence-electron chi connectivity index (χ0n) is 9.78. The maximum absolute atomic E-state index is 6.04. The molecule has 2 rings (SSSR count). The van der Waals surface area contributed by atoms with Gasteiger partial charge >= 0.3 is 0 Å². The van der Waals surface area contributed by atoms with Gasteiger partial charge in [-0.25, -0.2) is 0 Å². The first kappa shape index (κ1) is 11.4. The highest BCUT2D eigenvalue weighted by Gasteiger charge is 2.17. The fourth-order valence-corrected chi connectivity index (χ4v) is 2.11. The molecule has 0 amide bonds. The number of nitrogens with two attached hydrogens (primary N) is 1. The van der Waals surface area contributed by atoms with Crippen molar-refractivity contribution >= 4 is 5.69 Å². The van der Waals surface area contributed by atoms with E-state index in [1.165, 1.54) is 5.56 Å². The third-order valence-corrected chi connectivity index (χ3v) is 3.06. The lowest BCUT2D eigenvalue weighted by Crippen LogP contribution is -2.33. The number of hydrogen-bond donors (Lipinski definition) is 2. The van der Waals surface area contributed by atoms with Gasteiger partial charge < -0.3 is 15.8 Å². The highest BCUT2D eigenvalue weighted by atomic mass is 16.5. The Morgan fingerprint density at radius 3 is 2.81 bits per heavy atom. The fraction of sp³-hybridized carbons (Fsp3) is 0.538. The summed E-state index contributed by atoms with van der Waals surface area (Å²) < 4.78 is 6.04. The van der Waals surface area contributed by atoms with E-state index >= 15 is 0 Å². The molecule has 1 aromatic carbocycles. The Morgan fingerprint density at radius 1 is 1.38 bits per heavy atom. The Bertz CT molecular complexity index is 334. The minimum Gasteiger partial charge on any atom is -0.399 e. The standard InChI is InChI=1S/C13H20N2O/c1-10(11-3-2-4-12(14)9-11)16-13-5-7-15-8-6-13/h2-4,9-10,13,15H,5-8,14H2,1H3. The monoisotopic (exact) mass is 220 g/mol. The second kappa shape index (κ2) is 5.32. The number of ether oxygens (including phenoxy) is 1. The van der Waals surface area contributed by atoms with Gasteiger partial charge in [-0.15, -0.1) is 0 Å². The normalized spacial score (nSPS) is 19.6. The van der Waals surface area contributed by atoms with Crippen LogP contribution in [0.15, 0.2) is 24.3 Å². The van der Waals surface area contributed by atoms with Crippen LogP contribution in [0.3, 0.4) is 0 Å². The van der Waals surface area contributed by atoms with Gasteiger partial charge in [-0.3, -0.25) is 0 Å². The van der Waals surface area contributed by atoms with Crippen LogP contribution >= 0.6 is 0 Å². The average molecular weight is 220 g/mol. The van der Waals surface area contributed by atoms with E-state index in [1.54, 1.807) is 0 Å². The molecule has 88 valence electrons. The van der Waals surface area contributed by atoms with Gasteiger partial charge in [0.2, 0.25) is 0 Å². The molecule has 1 atom stereocenters. The lowest BCUT2D eigenvalue weighted by atomic mass is 10.1. The van der Waals surface area contributed by atoms with E-state index in [4.69, 9.17) is 10.5 Å². The van der Waals surface area contributed by atoms with Crippen LogP contribution in [0, 0.1) is 0 Å². The third kappa shape index (κ3) is 2.97. The molecule has 0 radical (unpaired) electrons. The predicted octanol–water partition coefficient (Wildman–Crippen LogP) is 2.10. The second-order valence-electron chi connectivity index (χ2n) is 4.40. The third-order valence-electron chi connectivity index (χ3n) is 3.06. The molecular weight excluding hydrogens is 200 g/mol. The Labute approximate surface area is 97.0 Å². The van der Waals surface area contributed by atoms with Gasteiger partial charge in [0, 0.05) is 5.69 Å². The van der Waals surface area contributed by atoms with Crippen LogP contribution in [-0.2, 0) is 4.74 Å². The molecule has 1 aliphatic heterocycles. The molecule has 0 saturated carbocycles. The van der Waals surface area contributed by atoms with Gasteiger partial charge in [0.05, 0.1) is 12.2 Å². The number of nitrogen functional groups attached to an aromatic ring is 1. The van der Waals surface area contributed by atoms with Gasteiger partial charge in [-0.1, -0.05) is 12.1 Å². The Balaban J connectivity index is 1.94. The second-order valence-corrected chi connectivity index (χ2v) is 4.40. The first-order chi connectivity index (χ1) is 7.75. The van der Waals surface area contributed by atoms with E-state index in [-0.39, 0.29) is 6.10 Å². The minimum absolute atomic E-state index is 0.131. The van der Waals surface area contributed by atoms with Crippen LogP contribution in [0.2, 0.25) is 0 Å². The highest BCUT2D eigenvalue weighted by molar-refractivity contribution is 5.41. The minimum atomic E-state index is 0.131. The lowest BCUT2D eigenvalue weighted by molar-refractivity contribution is -0.0186. The number of rotatable bonds is 3. The zero-order chi connectivity index (χ0) is 11.4. The van der Waals surface area contributed by atoms with Crippen LogP contribution in [0.25, 0.3) is 0 Å². The number of benzene rings is 1. The molecule has 0 aromatic heterocycles. The molecule has 1 aromatic rings. The Hall–Kier alpha value is -1.06. The molecule has 3 nitrogen and oxygen atoms in total. The van der Waals surface area contributed by atoms with Gasteiger partial charge in [0.25, 0.3) is 0 Å². The van der Waals surface area contributed by atoms with Crippen LogP contribution in [-0.4, -0.2) is 19.2 Å². The van der Waals surface area contributed by atoms with E-state index < -0.39 is 0 Å². The number of hydrogen-bond acceptors (Lipinski definition) is 3. The molecular formula is C13H20N2O. The van der Waals surface area contributed by atoms with E-state index in [9.17, 15) is 0 Å². The lowest BCUT2D eigenvalue weighted by Gasteiger charge is -2.26. The molecule has 0 spiro atoms. The summed E-state index contributed by atoms with van der Waals surface area (Å²) in [6, 6.07) is 7.95. The molecule has 0 bridgehead atoms. The molecule has 1 unspecified atom stereocenters. The summed E-state index contributed by atoms with van der Waals surface area (Å²) in [6.07, 6.45) is 2.73. The fourth-order valence-electron chi connectivity index (χ4n) is 2.11. The molecule has 1 fully saturated rings. The van der Waals surface area contributed by atoms with Gasteiger partial charge in [-0.2, -0.15) is 0 Å². The van der Waals surface area contributed by atoms with Crippen LogP contribution < -0.4 is 11.1 Å². The quantitative estimate of drug-likeness (QED) is 0.767. The van der Waals surface area contributed by atoms with Crippen molar-refractivity contribution in [2.45, 2.75) is 32.0 Å². The zero-order valence-corrected chi connectivity index (χ0v) is 9.78. The molecule has 16 heavy (non-hydrogen) atoms. The van der Waals surface area contributed by atoms with E-state index in [1.807, 2.05) is 18.2 Å². The number of anilines is 1. The summed E-state index contributed by atoms with van der Waals surface area (Å²) in [5.74, 6) is 0. The molecule has 0 aliphatic carbocycles. The largest absolute Gasteiger partial charge is 0.399 e. The molecule has 1 aliphatic rings. The van der Waals surface area contributed by atoms with Crippen molar-refractivity contribution < 1.29 is 4.74 Å². The van der Waals surface area contributed by atoms with Gasteiger partial charge in [0.1, 0.15) is 0 Å². The van der Waals surface area contributed by atoms with Crippen molar-refractivity contribution in [2.75, 3.05) is 18.8 Å².